The van der Waals surface area contributed by atoms with E-state index < -0.39 is 0 Å². The van der Waals surface area contributed by atoms with Crippen molar-refractivity contribution in [2.45, 2.75) is 13.5 Å². The van der Waals surface area contributed by atoms with E-state index in [0.29, 0.717) is 12.2 Å². The Labute approximate surface area is 109 Å². The van der Waals surface area contributed by atoms with Crippen molar-refractivity contribution in [1.29, 1.82) is 0 Å². The molecule has 96 valence electrons. The molecule has 0 saturated heterocycles. The Kier molecular flexibility index (Phi) is 2.87. The van der Waals surface area contributed by atoms with Crippen molar-refractivity contribution < 1.29 is 4.39 Å². The first-order chi connectivity index (χ1) is 9.24. The topological polar surface area (TPSA) is 42.2 Å². The van der Waals surface area contributed by atoms with E-state index in [0.717, 1.165) is 16.9 Å². The summed E-state index contributed by atoms with van der Waals surface area (Å²) in [6, 6.07) is 5.01. The summed E-state index contributed by atoms with van der Waals surface area (Å²) in [6.45, 7) is 2.44. The van der Waals surface area contributed by atoms with Crippen molar-refractivity contribution in [2.75, 3.05) is 5.32 Å². The van der Waals surface area contributed by atoms with Crippen molar-refractivity contribution in [1.82, 2.24) is 14.4 Å². The average molecular weight is 256 g/mol. The van der Waals surface area contributed by atoms with Crippen LogP contribution in [0.5, 0.6) is 0 Å². The van der Waals surface area contributed by atoms with E-state index in [1.807, 2.05) is 17.5 Å². The summed E-state index contributed by atoms with van der Waals surface area (Å²) < 4.78 is 15.5. The third-order valence-corrected chi connectivity index (χ3v) is 2.98. The van der Waals surface area contributed by atoms with Gasteiger partial charge in [-0.15, -0.1) is 0 Å². The summed E-state index contributed by atoms with van der Waals surface area (Å²) >= 11 is 0. The van der Waals surface area contributed by atoms with Crippen molar-refractivity contribution in [3.05, 3.63) is 60.1 Å². The fourth-order valence-corrected chi connectivity index (χ4v) is 1.99. The third kappa shape index (κ3) is 2.27. The second kappa shape index (κ2) is 4.68. The predicted octanol–water partition coefficient (Wildman–Crippen LogP) is 2.79. The van der Waals surface area contributed by atoms with E-state index in [9.17, 15) is 4.39 Å². The summed E-state index contributed by atoms with van der Waals surface area (Å²) in [4.78, 5) is 8.24. The third-order valence-electron chi connectivity index (χ3n) is 2.98. The van der Waals surface area contributed by atoms with Gasteiger partial charge in [0.05, 0.1) is 30.3 Å². The smallest absolute Gasteiger partial charge is 0.155 e. The zero-order chi connectivity index (χ0) is 13.2. The molecule has 0 radical (unpaired) electrons. The van der Waals surface area contributed by atoms with Gasteiger partial charge in [0.25, 0.3) is 0 Å². The fraction of sp³-hybridized carbons (Fsp3) is 0.143. The number of halogens is 1. The number of rotatable bonds is 3. The number of aryl methyl sites for hydroxylation is 1. The molecule has 5 heteroatoms. The number of anilines is 1. The van der Waals surface area contributed by atoms with Gasteiger partial charge in [-0.25, -0.2) is 9.37 Å². The molecule has 0 unspecified atom stereocenters. The average Bonchev–Trinajstić information content (AvgIpc) is 2.83. The molecule has 0 aliphatic carbocycles. The van der Waals surface area contributed by atoms with Crippen molar-refractivity contribution in [3.63, 3.8) is 0 Å². The van der Waals surface area contributed by atoms with E-state index in [2.05, 4.69) is 15.3 Å². The molecule has 0 atom stereocenters. The first kappa shape index (κ1) is 11.6. The highest BCUT2D eigenvalue weighted by atomic mass is 19.1. The van der Waals surface area contributed by atoms with Gasteiger partial charge in [-0.3, -0.25) is 9.38 Å². The summed E-state index contributed by atoms with van der Waals surface area (Å²) in [7, 11) is 0. The van der Waals surface area contributed by atoms with Crippen LogP contribution in [0.15, 0.2) is 43.0 Å². The number of hydrogen-bond acceptors (Lipinski definition) is 3. The number of fused-ring (bicyclic) bond motifs is 1. The molecule has 3 rings (SSSR count). The highest BCUT2D eigenvalue weighted by molar-refractivity contribution is 5.47. The molecule has 1 aromatic carbocycles. The summed E-state index contributed by atoms with van der Waals surface area (Å²) in [5.74, 6) is -0.249. The van der Waals surface area contributed by atoms with E-state index in [-0.39, 0.29) is 5.82 Å². The summed E-state index contributed by atoms with van der Waals surface area (Å²) in [5.41, 5.74) is 3.26. The molecule has 3 aromatic rings. The fourth-order valence-electron chi connectivity index (χ4n) is 1.99. The molecule has 0 amide bonds. The van der Waals surface area contributed by atoms with Gasteiger partial charge in [-0.1, -0.05) is 6.07 Å². The molecule has 0 spiro atoms. The molecule has 2 aromatic heterocycles. The maximum atomic E-state index is 13.6. The lowest BCUT2D eigenvalue weighted by Crippen LogP contribution is -2.04. The zero-order valence-electron chi connectivity index (χ0n) is 10.5. The highest BCUT2D eigenvalue weighted by Crippen LogP contribution is 2.17. The second-order valence-electron chi connectivity index (χ2n) is 4.39. The van der Waals surface area contributed by atoms with Gasteiger partial charge >= 0.3 is 0 Å². The molecular weight excluding hydrogens is 243 g/mol. The van der Waals surface area contributed by atoms with Gasteiger partial charge in [0, 0.05) is 12.4 Å². The lowest BCUT2D eigenvalue weighted by molar-refractivity contribution is 0.629. The standard InChI is InChI=1S/C14H13FN4/c1-10-2-3-12(15)13(6-10)17-7-11-8-18-14-9-16-4-5-19(11)14/h2-6,8-9,17H,7H2,1H3. The minimum atomic E-state index is -0.249. The zero-order valence-corrected chi connectivity index (χ0v) is 10.5. The van der Waals surface area contributed by atoms with Gasteiger partial charge in [-0.2, -0.15) is 0 Å². The predicted molar refractivity (Wildman–Crippen MR) is 71.5 cm³/mol. The Hall–Kier alpha value is -2.43. The number of nitrogens with zero attached hydrogens (tertiary/aromatic N) is 3. The Morgan fingerprint density at radius 1 is 1.32 bits per heavy atom. The maximum absolute atomic E-state index is 13.6. The van der Waals surface area contributed by atoms with E-state index >= 15 is 0 Å². The summed E-state index contributed by atoms with van der Waals surface area (Å²) in [6.07, 6.45) is 6.99. The van der Waals surface area contributed by atoms with Crippen molar-refractivity contribution in [3.8, 4) is 0 Å². The van der Waals surface area contributed by atoms with E-state index in [1.54, 1.807) is 30.7 Å². The first-order valence-electron chi connectivity index (χ1n) is 6.00. The maximum Gasteiger partial charge on any atom is 0.155 e. The molecule has 19 heavy (non-hydrogen) atoms. The van der Waals surface area contributed by atoms with Crippen LogP contribution < -0.4 is 5.32 Å². The summed E-state index contributed by atoms with van der Waals surface area (Å²) in [5, 5.41) is 3.09. The molecule has 0 bridgehead atoms. The van der Waals surface area contributed by atoms with Crippen LogP contribution >= 0.6 is 0 Å². The van der Waals surface area contributed by atoms with Crippen LogP contribution in [0.25, 0.3) is 5.65 Å². The SMILES string of the molecule is Cc1ccc(F)c(NCc2cnc3cnccn23)c1. The van der Waals surface area contributed by atoms with Gasteiger partial charge < -0.3 is 5.32 Å². The van der Waals surface area contributed by atoms with Crippen LogP contribution in [-0.2, 0) is 6.54 Å². The number of nitrogens with one attached hydrogen (secondary N) is 1. The number of hydrogen-bond donors (Lipinski definition) is 1. The molecule has 1 N–H and O–H groups in total. The Balaban J connectivity index is 1.84. The normalized spacial score (nSPS) is 10.8. The molecule has 0 aliphatic rings. The van der Waals surface area contributed by atoms with Gasteiger partial charge in [-0.05, 0) is 24.6 Å². The number of aromatic nitrogens is 3. The molecule has 0 fully saturated rings. The van der Waals surface area contributed by atoms with Crippen LogP contribution in [0.2, 0.25) is 0 Å². The Morgan fingerprint density at radius 3 is 3.11 bits per heavy atom. The number of benzene rings is 1. The van der Waals surface area contributed by atoms with Gasteiger partial charge in [0.1, 0.15) is 5.82 Å². The largest absolute Gasteiger partial charge is 0.377 e. The van der Waals surface area contributed by atoms with Crippen LogP contribution in [0.4, 0.5) is 10.1 Å². The van der Waals surface area contributed by atoms with Crippen molar-refractivity contribution >= 4 is 11.3 Å². The monoisotopic (exact) mass is 256 g/mol. The Morgan fingerprint density at radius 2 is 2.21 bits per heavy atom. The molecule has 0 saturated carbocycles. The van der Waals surface area contributed by atoms with Crippen LogP contribution in [0, 0.1) is 12.7 Å². The van der Waals surface area contributed by atoms with E-state index in [1.165, 1.54) is 6.07 Å². The van der Waals surface area contributed by atoms with Crippen molar-refractivity contribution in [2.24, 2.45) is 0 Å². The van der Waals surface area contributed by atoms with Crippen LogP contribution in [-0.4, -0.2) is 14.4 Å². The molecular formula is C14H13FN4. The molecule has 4 nitrogen and oxygen atoms in total. The second-order valence-corrected chi connectivity index (χ2v) is 4.39. The quantitative estimate of drug-likeness (QED) is 0.783. The Bertz CT molecular complexity index is 720. The van der Waals surface area contributed by atoms with E-state index in [4.69, 9.17) is 0 Å². The van der Waals surface area contributed by atoms with Crippen LogP contribution in [0.1, 0.15) is 11.3 Å². The molecule has 2 heterocycles. The lowest BCUT2D eigenvalue weighted by Gasteiger charge is -2.08. The van der Waals surface area contributed by atoms with Gasteiger partial charge in [0.15, 0.2) is 5.65 Å². The first-order valence-corrected chi connectivity index (χ1v) is 6.00. The van der Waals surface area contributed by atoms with Crippen LogP contribution in [0.3, 0.4) is 0 Å². The lowest BCUT2D eigenvalue weighted by atomic mass is 10.2. The highest BCUT2D eigenvalue weighted by Gasteiger charge is 2.05. The minimum Gasteiger partial charge on any atom is -0.377 e. The minimum absolute atomic E-state index is 0.249. The number of imidazole rings is 1. The van der Waals surface area contributed by atoms with Gasteiger partial charge in [0.2, 0.25) is 0 Å². The molecule has 0 aliphatic heterocycles.